The van der Waals surface area contributed by atoms with Crippen LogP contribution in [0.4, 0.5) is 10.2 Å². The molecule has 1 amide bonds. The fraction of sp³-hybridized carbons (Fsp3) is 0.300. The number of nitrogens with one attached hydrogen (secondary N) is 1. The summed E-state index contributed by atoms with van der Waals surface area (Å²) in [6.07, 6.45) is 2.61. The van der Waals surface area contributed by atoms with Crippen molar-refractivity contribution in [2.24, 2.45) is 0 Å². The van der Waals surface area contributed by atoms with Gasteiger partial charge >= 0.3 is 0 Å². The van der Waals surface area contributed by atoms with Gasteiger partial charge in [0, 0.05) is 37.4 Å². The Morgan fingerprint density at radius 2 is 2.07 bits per heavy atom. The van der Waals surface area contributed by atoms with Crippen molar-refractivity contribution in [2.75, 3.05) is 18.0 Å². The minimum atomic E-state index is -0.320. The summed E-state index contributed by atoms with van der Waals surface area (Å²) in [5.41, 5.74) is 1.35. The second-order valence-electron chi connectivity index (χ2n) is 6.72. The number of aromatic nitrogens is 4. The summed E-state index contributed by atoms with van der Waals surface area (Å²) in [4.78, 5) is 14.4. The van der Waals surface area contributed by atoms with E-state index in [1.54, 1.807) is 41.2 Å². The molecule has 0 radical (unpaired) electrons. The van der Waals surface area contributed by atoms with Gasteiger partial charge in [-0.2, -0.15) is 5.10 Å². The summed E-state index contributed by atoms with van der Waals surface area (Å²) in [6, 6.07) is 11.8. The topological polar surface area (TPSA) is 75.9 Å². The summed E-state index contributed by atoms with van der Waals surface area (Å²) >= 11 is 0. The van der Waals surface area contributed by atoms with Crippen LogP contribution >= 0.6 is 0 Å². The first kappa shape index (κ1) is 18.1. The Balaban J connectivity index is 1.39. The standard InChI is InChI=1S/C20H21FN6O/c1-2-27-12-10-18(25-27)20(28)22-14-9-11-26(13-14)19-8-7-17(23-24-19)15-5-3-4-6-16(15)21/h3-8,10,12,14H,2,9,11,13H2,1H3,(H,22,28). The number of carbonyl (C=O) groups is 1. The van der Waals surface area contributed by atoms with Crippen molar-refractivity contribution in [1.29, 1.82) is 0 Å². The highest BCUT2D eigenvalue weighted by Crippen LogP contribution is 2.23. The smallest absolute Gasteiger partial charge is 0.272 e. The van der Waals surface area contributed by atoms with E-state index in [1.807, 2.05) is 13.0 Å². The molecule has 3 heterocycles. The molecule has 1 fully saturated rings. The fourth-order valence-electron chi connectivity index (χ4n) is 3.31. The van der Waals surface area contributed by atoms with Gasteiger partial charge in [-0.15, -0.1) is 10.2 Å². The quantitative estimate of drug-likeness (QED) is 0.736. The normalized spacial score (nSPS) is 16.4. The number of aryl methyl sites for hydroxylation is 1. The lowest BCUT2D eigenvalue weighted by Gasteiger charge is -2.17. The minimum absolute atomic E-state index is 0.0207. The number of nitrogens with zero attached hydrogens (tertiary/aromatic N) is 5. The summed E-state index contributed by atoms with van der Waals surface area (Å²) in [5, 5.41) is 15.7. The van der Waals surface area contributed by atoms with Gasteiger partial charge in [0.05, 0.1) is 5.69 Å². The highest BCUT2D eigenvalue weighted by atomic mass is 19.1. The molecule has 2 aromatic heterocycles. The van der Waals surface area contributed by atoms with Crippen LogP contribution in [-0.4, -0.2) is 45.0 Å². The lowest BCUT2D eigenvalue weighted by molar-refractivity contribution is 0.0934. The lowest BCUT2D eigenvalue weighted by atomic mass is 10.1. The number of hydrogen-bond acceptors (Lipinski definition) is 5. The van der Waals surface area contributed by atoms with Crippen LogP contribution in [0.3, 0.4) is 0 Å². The molecule has 1 N–H and O–H groups in total. The van der Waals surface area contributed by atoms with Crippen molar-refractivity contribution in [2.45, 2.75) is 25.9 Å². The second kappa shape index (κ2) is 7.75. The zero-order valence-electron chi connectivity index (χ0n) is 15.5. The molecule has 1 saturated heterocycles. The SMILES string of the molecule is CCn1ccc(C(=O)NC2CCN(c3ccc(-c4ccccc4F)nn3)C2)n1. The third-order valence-corrected chi connectivity index (χ3v) is 4.85. The Bertz CT molecular complexity index is 971. The molecule has 0 aliphatic carbocycles. The Morgan fingerprint density at radius 3 is 2.79 bits per heavy atom. The molecule has 28 heavy (non-hydrogen) atoms. The number of amides is 1. The van der Waals surface area contributed by atoms with Gasteiger partial charge in [0.15, 0.2) is 5.82 Å². The number of anilines is 1. The maximum atomic E-state index is 13.9. The zero-order chi connectivity index (χ0) is 19.5. The van der Waals surface area contributed by atoms with Gasteiger partial charge in [0.1, 0.15) is 11.5 Å². The van der Waals surface area contributed by atoms with Crippen LogP contribution in [0.15, 0.2) is 48.7 Å². The van der Waals surface area contributed by atoms with Crippen LogP contribution in [0.2, 0.25) is 0 Å². The van der Waals surface area contributed by atoms with Crippen molar-refractivity contribution in [3.05, 3.63) is 60.2 Å². The van der Waals surface area contributed by atoms with Crippen molar-refractivity contribution in [1.82, 2.24) is 25.3 Å². The Morgan fingerprint density at radius 1 is 1.21 bits per heavy atom. The van der Waals surface area contributed by atoms with Crippen LogP contribution in [0.1, 0.15) is 23.8 Å². The van der Waals surface area contributed by atoms with Gasteiger partial charge in [-0.1, -0.05) is 12.1 Å². The van der Waals surface area contributed by atoms with E-state index in [1.165, 1.54) is 6.07 Å². The molecule has 0 saturated carbocycles. The molecule has 0 bridgehead atoms. The monoisotopic (exact) mass is 380 g/mol. The van der Waals surface area contributed by atoms with Gasteiger partial charge < -0.3 is 10.2 Å². The maximum absolute atomic E-state index is 13.9. The summed E-state index contributed by atoms with van der Waals surface area (Å²) in [6.45, 7) is 4.12. The molecule has 1 aliphatic heterocycles. The van der Waals surface area contributed by atoms with E-state index in [-0.39, 0.29) is 17.8 Å². The van der Waals surface area contributed by atoms with Crippen molar-refractivity contribution < 1.29 is 9.18 Å². The van der Waals surface area contributed by atoms with Crippen LogP contribution < -0.4 is 10.2 Å². The van der Waals surface area contributed by atoms with Crippen LogP contribution in [0.25, 0.3) is 11.3 Å². The summed E-state index contributed by atoms with van der Waals surface area (Å²) < 4.78 is 15.6. The molecule has 1 unspecified atom stereocenters. The van der Waals surface area contributed by atoms with E-state index < -0.39 is 0 Å². The molecular weight excluding hydrogens is 359 g/mol. The molecule has 7 nitrogen and oxygen atoms in total. The Labute approximate surface area is 162 Å². The molecule has 0 spiro atoms. The number of benzene rings is 1. The molecule has 4 rings (SSSR count). The van der Waals surface area contributed by atoms with Gasteiger partial charge in [0.25, 0.3) is 5.91 Å². The van der Waals surface area contributed by atoms with E-state index in [2.05, 4.69) is 25.5 Å². The van der Waals surface area contributed by atoms with E-state index >= 15 is 0 Å². The molecule has 1 atom stereocenters. The molecular formula is C20H21FN6O. The van der Waals surface area contributed by atoms with Gasteiger partial charge in [0.2, 0.25) is 0 Å². The number of carbonyl (C=O) groups excluding carboxylic acids is 1. The summed E-state index contributed by atoms with van der Waals surface area (Å²) in [5.74, 6) is 0.228. The third-order valence-electron chi connectivity index (χ3n) is 4.85. The molecule has 144 valence electrons. The summed E-state index contributed by atoms with van der Waals surface area (Å²) in [7, 11) is 0. The predicted molar refractivity (Wildman–Crippen MR) is 103 cm³/mol. The number of rotatable bonds is 5. The van der Waals surface area contributed by atoms with E-state index in [0.29, 0.717) is 29.3 Å². The lowest BCUT2D eigenvalue weighted by Crippen LogP contribution is -2.37. The first-order valence-corrected chi connectivity index (χ1v) is 9.32. The maximum Gasteiger partial charge on any atom is 0.272 e. The zero-order valence-corrected chi connectivity index (χ0v) is 15.5. The highest BCUT2D eigenvalue weighted by molar-refractivity contribution is 5.92. The predicted octanol–water partition coefficient (Wildman–Crippen LogP) is 2.51. The van der Waals surface area contributed by atoms with Gasteiger partial charge in [-0.25, -0.2) is 4.39 Å². The minimum Gasteiger partial charge on any atom is -0.353 e. The van der Waals surface area contributed by atoms with Crippen LogP contribution in [-0.2, 0) is 6.54 Å². The Hall–Kier alpha value is -3.29. The average Bonchev–Trinajstić information content (AvgIpc) is 3.38. The number of hydrogen-bond donors (Lipinski definition) is 1. The second-order valence-corrected chi connectivity index (χ2v) is 6.72. The average molecular weight is 380 g/mol. The van der Waals surface area contributed by atoms with E-state index in [4.69, 9.17) is 0 Å². The van der Waals surface area contributed by atoms with Crippen molar-refractivity contribution in [3.8, 4) is 11.3 Å². The molecule has 8 heteroatoms. The van der Waals surface area contributed by atoms with E-state index in [9.17, 15) is 9.18 Å². The first-order valence-electron chi connectivity index (χ1n) is 9.32. The van der Waals surface area contributed by atoms with Crippen molar-refractivity contribution >= 4 is 11.7 Å². The fourth-order valence-corrected chi connectivity index (χ4v) is 3.31. The van der Waals surface area contributed by atoms with Crippen LogP contribution in [0, 0.1) is 5.82 Å². The van der Waals surface area contributed by atoms with Crippen molar-refractivity contribution in [3.63, 3.8) is 0 Å². The number of halogens is 1. The highest BCUT2D eigenvalue weighted by Gasteiger charge is 2.26. The molecule has 1 aromatic carbocycles. The largest absolute Gasteiger partial charge is 0.353 e. The molecule has 3 aromatic rings. The third kappa shape index (κ3) is 3.71. The van der Waals surface area contributed by atoms with Gasteiger partial charge in [-0.05, 0) is 43.7 Å². The molecule has 1 aliphatic rings. The first-order chi connectivity index (χ1) is 13.6. The van der Waals surface area contributed by atoms with Gasteiger partial charge in [-0.3, -0.25) is 9.48 Å². The van der Waals surface area contributed by atoms with Crippen LogP contribution in [0.5, 0.6) is 0 Å². The Kier molecular flexibility index (Phi) is 5.01. The van der Waals surface area contributed by atoms with E-state index in [0.717, 1.165) is 19.5 Å².